The van der Waals surface area contributed by atoms with Crippen molar-refractivity contribution >= 4 is 24.2 Å². The molecule has 1 unspecified atom stereocenters. The van der Waals surface area contributed by atoms with Crippen LogP contribution in [0.25, 0.3) is 0 Å². The molecule has 1 aliphatic heterocycles. The van der Waals surface area contributed by atoms with Crippen molar-refractivity contribution in [3.8, 4) is 0 Å². The Labute approximate surface area is 95.7 Å². The summed E-state index contributed by atoms with van der Waals surface area (Å²) in [7, 11) is 0. The summed E-state index contributed by atoms with van der Waals surface area (Å²) in [6, 6.07) is 8.09. The molecule has 1 fully saturated rings. The number of benzene rings is 1. The highest BCUT2D eigenvalue weighted by atomic mass is 32.1. The lowest BCUT2D eigenvalue weighted by Crippen LogP contribution is -2.24. The van der Waals surface area contributed by atoms with E-state index in [1.165, 1.54) is 5.56 Å². The molecular formula is C12H15NOS. The smallest absolute Gasteiger partial charge is 0.227 e. The number of hydrogen-bond donors (Lipinski definition) is 1. The molecule has 0 N–H and O–H groups in total. The highest BCUT2D eigenvalue weighted by Gasteiger charge is 2.29. The fourth-order valence-corrected chi connectivity index (χ4v) is 2.12. The number of aryl methyl sites for hydroxylation is 1. The first-order valence-electron chi connectivity index (χ1n) is 5.18. The predicted molar refractivity (Wildman–Crippen MR) is 65.5 cm³/mol. The van der Waals surface area contributed by atoms with Gasteiger partial charge in [-0.1, -0.05) is 17.7 Å². The van der Waals surface area contributed by atoms with Crippen LogP contribution >= 0.6 is 12.6 Å². The standard InChI is InChI=1S/C12H15NOS/c1-9-2-4-11(5-3-9)13-7-10(8-15)6-12(13)14/h2-5,10,15H,6-8H2,1H3. The Morgan fingerprint density at radius 3 is 2.60 bits per heavy atom. The molecule has 15 heavy (non-hydrogen) atoms. The second-order valence-corrected chi connectivity index (χ2v) is 4.46. The van der Waals surface area contributed by atoms with Gasteiger partial charge in [0.05, 0.1) is 0 Å². The summed E-state index contributed by atoms with van der Waals surface area (Å²) in [6.07, 6.45) is 0.636. The highest BCUT2D eigenvalue weighted by Crippen LogP contribution is 2.25. The van der Waals surface area contributed by atoms with Gasteiger partial charge < -0.3 is 4.90 Å². The Balaban J connectivity index is 2.18. The fourth-order valence-electron chi connectivity index (χ4n) is 1.88. The summed E-state index contributed by atoms with van der Waals surface area (Å²) >= 11 is 4.25. The first-order valence-corrected chi connectivity index (χ1v) is 5.82. The van der Waals surface area contributed by atoms with Crippen LogP contribution in [0.4, 0.5) is 5.69 Å². The number of carbonyl (C=O) groups is 1. The third-order valence-corrected chi connectivity index (χ3v) is 3.33. The number of anilines is 1. The number of amides is 1. The van der Waals surface area contributed by atoms with E-state index in [1.54, 1.807) is 0 Å². The van der Waals surface area contributed by atoms with Gasteiger partial charge in [0.2, 0.25) is 5.91 Å². The van der Waals surface area contributed by atoms with Crippen LogP contribution in [-0.2, 0) is 4.79 Å². The highest BCUT2D eigenvalue weighted by molar-refractivity contribution is 7.80. The maximum atomic E-state index is 11.7. The molecule has 1 saturated heterocycles. The minimum atomic E-state index is 0.220. The molecule has 0 aliphatic carbocycles. The molecule has 1 aliphatic rings. The molecule has 0 spiro atoms. The van der Waals surface area contributed by atoms with Gasteiger partial charge in [0.1, 0.15) is 0 Å². The van der Waals surface area contributed by atoms with Crippen molar-refractivity contribution in [2.75, 3.05) is 17.2 Å². The molecule has 1 heterocycles. The quantitative estimate of drug-likeness (QED) is 0.760. The van der Waals surface area contributed by atoms with E-state index in [1.807, 2.05) is 36.1 Å². The Morgan fingerprint density at radius 2 is 2.07 bits per heavy atom. The number of carbonyl (C=O) groups excluding carboxylic acids is 1. The van der Waals surface area contributed by atoms with E-state index < -0.39 is 0 Å². The third-order valence-electron chi connectivity index (χ3n) is 2.81. The van der Waals surface area contributed by atoms with Crippen molar-refractivity contribution in [3.63, 3.8) is 0 Å². The molecule has 0 radical (unpaired) electrons. The van der Waals surface area contributed by atoms with E-state index in [0.29, 0.717) is 12.3 Å². The molecule has 3 heteroatoms. The summed E-state index contributed by atoms with van der Waals surface area (Å²) in [5.41, 5.74) is 2.23. The van der Waals surface area contributed by atoms with E-state index in [2.05, 4.69) is 12.6 Å². The van der Waals surface area contributed by atoms with E-state index in [9.17, 15) is 4.79 Å². The zero-order valence-electron chi connectivity index (χ0n) is 8.81. The number of nitrogens with zero attached hydrogens (tertiary/aromatic N) is 1. The van der Waals surface area contributed by atoms with Crippen molar-refractivity contribution in [3.05, 3.63) is 29.8 Å². The Morgan fingerprint density at radius 1 is 1.40 bits per heavy atom. The summed E-state index contributed by atoms with van der Waals surface area (Å²) in [5, 5.41) is 0. The third kappa shape index (κ3) is 2.17. The van der Waals surface area contributed by atoms with Crippen molar-refractivity contribution in [1.82, 2.24) is 0 Å². The molecule has 1 amide bonds. The number of rotatable bonds is 2. The van der Waals surface area contributed by atoms with Gasteiger partial charge in [-0.05, 0) is 30.7 Å². The van der Waals surface area contributed by atoms with Gasteiger partial charge in [-0.2, -0.15) is 12.6 Å². The molecule has 0 bridgehead atoms. The second kappa shape index (κ2) is 4.27. The van der Waals surface area contributed by atoms with E-state index in [0.717, 1.165) is 18.0 Å². The molecule has 0 saturated carbocycles. The summed E-state index contributed by atoms with van der Waals surface area (Å²) in [4.78, 5) is 13.6. The van der Waals surface area contributed by atoms with Crippen molar-refractivity contribution in [2.45, 2.75) is 13.3 Å². The van der Waals surface area contributed by atoms with Crippen LogP contribution < -0.4 is 4.90 Å². The van der Waals surface area contributed by atoms with Crippen LogP contribution in [0.15, 0.2) is 24.3 Å². The molecule has 0 aromatic heterocycles. The van der Waals surface area contributed by atoms with Gasteiger partial charge in [-0.15, -0.1) is 0 Å². The van der Waals surface area contributed by atoms with Crippen LogP contribution in [0.1, 0.15) is 12.0 Å². The number of thiol groups is 1. The van der Waals surface area contributed by atoms with E-state index >= 15 is 0 Å². The monoisotopic (exact) mass is 221 g/mol. The Bertz CT molecular complexity index is 360. The van der Waals surface area contributed by atoms with Gasteiger partial charge >= 0.3 is 0 Å². The molecule has 1 aromatic carbocycles. The van der Waals surface area contributed by atoms with Crippen molar-refractivity contribution in [1.29, 1.82) is 0 Å². The zero-order valence-corrected chi connectivity index (χ0v) is 9.71. The first-order chi connectivity index (χ1) is 7.20. The van der Waals surface area contributed by atoms with Gasteiger partial charge in [0, 0.05) is 18.7 Å². The zero-order chi connectivity index (χ0) is 10.8. The van der Waals surface area contributed by atoms with Crippen LogP contribution in [0, 0.1) is 12.8 Å². The first kappa shape index (κ1) is 10.6. The molecule has 2 rings (SSSR count). The number of hydrogen-bond acceptors (Lipinski definition) is 2. The minimum absolute atomic E-state index is 0.220. The summed E-state index contributed by atoms with van der Waals surface area (Å²) < 4.78 is 0. The average Bonchev–Trinajstić information content (AvgIpc) is 2.61. The Kier molecular flexibility index (Phi) is 3.00. The summed E-state index contributed by atoms with van der Waals surface area (Å²) in [5.74, 6) is 1.41. The second-order valence-electron chi connectivity index (χ2n) is 4.09. The van der Waals surface area contributed by atoms with Gasteiger partial charge in [0.15, 0.2) is 0 Å². The normalized spacial score (nSPS) is 21.1. The predicted octanol–water partition coefficient (Wildman–Crippen LogP) is 2.28. The van der Waals surface area contributed by atoms with Gasteiger partial charge in [0.25, 0.3) is 0 Å². The Hall–Kier alpha value is -0.960. The molecule has 2 nitrogen and oxygen atoms in total. The SMILES string of the molecule is Cc1ccc(N2CC(CS)CC2=O)cc1. The van der Waals surface area contributed by atoms with Crippen molar-refractivity contribution in [2.24, 2.45) is 5.92 Å². The topological polar surface area (TPSA) is 20.3 Å². The van der Waals surface area contributed by atoms with Crippen LogP contribution in [-0.4, -0.2) is 18.2 Å². The molecular weight excluding hydrogens is 206 g/mol. The van der Waals surface area contributed by atoms with Crippen molar-refractivity contribution < 1.29 is 4.79 Å². The fraction of sp³-hybridized carbons (Fsp3) is 0.417. The lowest BCUT2D eigenvalue weighted by molar-refractivity contribution is -0.117. The van der Waals surface area contributed by atoms with E-state index in [4.69, 9.17) is 0 Å². The van der Waals surface area contributed by atoms with Gasteiger partial charge in [-0.3, -0.25) is 4.79 Å². The minimum Gasteiger partial charge on any atom is -0.312 e. The average molecular weight is 221 g/mol. The lowest BCUT2D eigenvalue weighted by atomic mass is 10.1. The molecule has 1 aromatic rings. The van der Waals surface area contributed by atoms with Crippen LogP contribution in [0.5, 0.6) is 0 Å². The maximum Gasteiger partial charge on any atom is 0.227 e. The molecule has 80 valence electrons. The maximum absolute atomic E-state index is 11.7. The van der Waals surface area contributed by atoms with E-state index in [-0.39, 0.29) is 5.91 Å². The molecule has 1 atom stereocenters. The van der Waals surface area contributed by atoms with Crippen LogP contribution in [0.3, 0.4) is 0 Å². The summed E-state index contributed by atoms with van der Waals surface area (Å²) in [6.45, 7) is 2.86. The lowest BCUT2D eigenvalue weighted by Gasteiger charge is -2.16. The largest absolute Gasteiger partial charge is 0.312 e. The van der Waals surface area contributed by atoms with Crippen LogP contribution in [0.2, 0.25) is 0 Å². The van der Waals surface area contributed by atoms with Gasteiger partial charge in [-0.25, -0.2) is 0 Å².